The molecule has 1 aromatic carbocycles. The molecule has 0 unspecified atom stereocenters. The molecule has 2 N–H and O–H groups in total. The molecule has 0 saturated heterocycles. The second kappa shape index (κ2) is 5.93. The molecule has 9 heteroatoms. The van der Waals surface area contributed by atoms with Gasteiger partial charge in [-0.25, -0.2) is 4.99 Å². The Labute approximate surface area is 143 Å². The van der Waals surface area contributed by atoms with E-state index in [-0.39, 0.29) is 5.91 Å². The van der Waals surface area contributed by atoms with Gasteiger partial charge in [0, 0.05) is 24.4 Å². The molecule has 2 aliphatic heterocycles. The lowest BCUT2D eigenvalue weighted by molar-refractivity contribution is 0.0974. The number of rotatable bonds is 3. The Hall–Kier alpha value is -3.36. The van der Waals surface area contributed by atoms with Crippen molar-refractivity contribution in [3.8, 4) is 11.5 Å². The summed E-state index contributed by atoms with van der Waals surface area (Å²) < 4.78 is 10.7. The summed E-state index contributed by atoms with van der Waals surface area (Å²) in [7, 11) is 3.15. The fraction of sp³-hybridized carbons (Fsp3) is 0.250. The van der Waals surface area contributed by atoms with E-state index in [1.807, 2.05) is 11.0 Å². The maximum absolute atomic E-state index is 12.3. The van der Waals surface area contributed by atoms with Crippen molar-refractivity contribution in [3.63, 3.8) is 0 Å². The highest BCUT2D eigenvalue weighted by Crippen LogP contribution is 2.38. The number of carbonyl (C=O) groups is 1. The van der Waals surface area contributed by atoms with Crippen molar-refractivity contribution in [1.82, 2.24) is 20.4 Å². The standard InChI is InChI=1S/C16H16N6O3/c1-24-12-5-10-11(6-13(12)25-2)20-16(22-4-3-17-14(10)22)21-15(23)9-7-18-19-8-9/h5-8H,3-4H2,1-2H3,(H,18,19)(H,20,21,23). The van der Waals surface area contributed by atoms with E-state index < -0.39 is 0 Å². The molecule has 2 aromatic rings. The Bertz CT molecular complexity index is 888. The molecule has 3 heterocycles. The topological polar surface area (TPSA) is 104 Å². The first-order chi connectivity index (χ1) is 12.2. The predicted octanol–water partition coefficient (Wildman–Crippen LogP) is 0.920. The lowest BCUT2D eigenvalue weighted by Crippen LogP contribution is -2.47. The monoisotopic (exact) mass is 340 g/mol. The number of benzene rings is 1. The molecule has 2 aliphatic rings. The number of hydrogen-bond acceptors (Lipinski definition) is 7. The fourth-order valence-corrected chi connectivity index (χ4v) is 2.84. The van der Waals surface area contributed by atoms with Crippen LogP contribution in [0.4, 0.5) is 5.69 Å². The van der Waals surface area contributed by atoms with Gasteiger partial charge in [0.1, 0.15) is 5.84 Å². The first kappa shape index (κ1) is 15.2. The zero-order valence-electron chi connectivity index (χ0n) is 13.7. The smallest absolute Gasteiger partial charge is 0.261 e. The second-order valence-corrected chi connectivity index (χ2v) is 5.46. The Balaban J connectivity index is 1.75. The van der Waals surface area contributed by atoms with Gasteiger partial charge in [-0.15, -0.1) is 0 Å². The number of nitrogens with one attached hydrogen (secondary N) is 2. The van der Waals surface area contributed by atoms with Crippen molar-refractivity contribution in [1.29, 1.82) is 0 Å². The summed E-state index contributed by atoms with van der Waals surface area (Å²) in [6, 6.07) is 3.62. The first-order valence-electron chi connectivity index (χ1n) is 7.68. The Morgan fingerprint density at radius 2 is 2.08 bits per heavy atom. The maximum Gasteiger partial charge on any atom is 0.261 e. The molecular weight excluding hydrogens is 324 g/mol. The summed E-state index contributed by atoms with van der Waals surface area (Å²) in [6.07, 6.45) is 2.99. The summed E-state index contributed by atoms with van der Waals surface area (Å²) in [4.78, 5) is 23.3. The number of amidine groups is 1. The van der Waals surface area contributed by atoms with Crippen LogP contribution in [0.5, 0.6) is 11.5 Å². The Kier molecular flexibility index (Phi) is 3.60. The molecule has 0 spiro atoms. The number of carbonyl (C=O) groups excluding carboxylic acids is 1. The summed E-state index contributed by atoms with van der Waals surface area (Å²) in [6.45, 7) is 1.28. The number of aromatic amines is 1. The van der Waals surface area contributed by atoms with Crippen LogP contribution in [-0.4, -0.2) is 60.1 Å². The average Bonchev–Trinajstić information content (AvgIpc) is 3.32. The number of ether oxygens (including phenoxy) is 2. The van der Waals surface area contributed by atoms with Crippen LogP contribution in [0, 0.1) is 0 Å². The molecule has 128 valence electrons. The van der Waals surface area contributed by atoms with Crippen LogP contribution in [0.25, 0.3) is 0 Å². The number of hydrogen-bond donors (Lipinski definition) is 2. The maximum atomic E-state index is 12.3. The molecule has 1 amide bonds. The van der Waals surface area contributed by atoms with E-state index in [2.05, 4.69) is 25.5 Å². The highest BCUT2D eigenvalue weighted by atomic mass is 16.5. The molecule has 0 fully saturated rings. The van der Waals surface area contributed by atoms with Gasteiger partial charge >= 0.3 is 0 Å². The largest absolute Gasteiger partial charge is 0.493 e. The van der Waals surface area contributed by atoms with E-state index >= 15 is 0 Å². The minimum absolute atomic E-state index is 0.289. The van der Waals surface area contributed by atoms with Crippen LogP contribution >= 0.6 is 0 Å². The highest BCUT2D eigenvalue weighted by molar-refractivity contribution is 6.19. The normalized spacial score (nSPS) is 15.0. The molecule has 0 bridgehead atoms. The minimum Gasteiger partial charge on any atom is -0.493 e. The number of guanidine groups is 1. The fourth-order valence-electron chi connectivity index (χ4n) is 2.84. The van der Waals surface area contributed by atoms with Gasteiger partial charge in [0.25, 0.3) is 5.91 Å². The van der Waals surface area contributed by atoms with Crippen LogP contribution in [0.2, 0.25) is 0 Å². The number of aliphatic imine (C=N–C) groups is 2. The van der Waals surface area contributed by atoms with Gasteiger partial charge < -0.3 is 9.47 Å². The molecular formula is C16H16N6O3. The molecule has 0 aliphatic carbocycles. The van der Waals surface area contributed by atoms with Crippen molar-refractivity contribution < 1.29 is 14.3 Å². The second-order valence-electron chi connectivity index (χ2n) is 5.46. The van der Waals surface area contributed by atoms with Crippen molar-refractivity contribution in [3.05, 3.63) is 35.7 Å². The van der Waals surface area contributed by atoms with Gasteiger partial charge in [-0.3, -0.25) is 25.1 Å². The average molecular weight is 340 g/mol. The van der Waals surface area contributed by atoms with Gasteiger partial charge in [-0.05, 0) is 6.07 Å². The zero-order chi connectivity index (χ0) is 17.4. The molecule has 4 rings (SSSR count). The van der Waals surface area contributed by atoms with Gasteiger partial charge in [0.15, 0.2) is 11.5 Å². The summed E-state index contributed by atoms with van der Waals surface area (Å²) >= 11 is 0. The highest BCUT2D eigenvalue weighted by Gasteiger charge is 2.32. The van der Waals surface area contributed by atoms with Crippen molar-refractivity contribution in [2.45, 2.75) is 0 Å². The number of fused-ring (bicyclic) bond motifs is 3. The van der Waals surface area contributed by atoms with E-state index in [4.69, 9.17) is 9.47 Å². The number of aromatic nitrogens is 2. The summed E-state index contributed by atoms with van der Waals surface area (Å²) in [5, 5.41) is 9.23. The van der Waals surface area contributed by atoms with E-state index in [1.165, 1.54) is 12.4 Å². The Morgan fingerprint density at radius 1 is 1.28 bits per heavy atom. The van der Waals surface area contributed by atoms with Crippen molar-refractivity contribution in [2.24, 2.45) is 9.98 Å². The molecule has 9 nitrogen and oxygen atoms in total. The molecule has 0 radical (unpaired) electrons. The van der Waals surface area contributed by atoms with E-state index in [9.17, 15) is 4.79 Å². The Morgan fingerprint density at radius 3 is 2.80 bits per heavy atom. The van der Waals surface area contributed by atoms with Crippen LogP contribution in [-0.2, 0) is 0 Å². The third-order valence-corrected chi connectivity index (χ3v) is 4.05. The molecule has 0 saturated carbocycles. The van der Waals surface area contributed by atoms with Gasteiger partial charge in [-0.1, -0.05) is 0 Å². The number of methoxy groups -OCH3 is 2. The number of H-pyrrole nitrogens is 1. The van der Waals surface area contributed by atoms with Gasteiger partial charge in [-0.2, -0.15) is 5.10 Å². The third-order valence-electron chi connectivity index (χ3n) is 4.05. The number of nitrogens with zero attached hydrogens (tertiary/aromatic N) is 4. The third kappa shape index (κ3) is 2.49. The van der Waals surface area contributed by atoms with E-state index in [0.29, 0.717) is 41.8 Å². The van der Waals surface area contributed by atoms with Crippen molar-refractivity contribution in [2.75, 3.05) is 27.3 Å². The van der Waals surface area contributed by atoms with Crippen LogP contribution in [0.15, 0.2) is 34.5 Å². The van der Waals surface area contributed by atoms with Gasteiger partial charge in [0.2, 0.25) is 5.96 Å². The van der Waals surface area contributed by atoms with Crippen LogP contribution < -0.4 is 14.8 Å². The molecule has 0 atom stereocenters. The first-order valence-corrected chi connectivity index (χ1v) is 7.68. The quantitative estimate of drug-likeness (QED) is 0.865. The van der Waals surface area contributed by atoms with Crippen LogP contribution in [0.1, 0.15) is 15.9 Å². The van der Waals surface area contributed by atoms with Crippen LogP contribution in [0.3, 0.4) is 0 Å². The molecule has 25 heavy (non-hydrogen) atoms. The zero-order valence-corrected chi connectivity index (χ0v) is 13.7. The van der Waals surface area contributed by atoms with Crippen molar-refractivity contribution >= 4 is 23.4 Å². The SMILES string of the molecule is COc1cc2c(cc1OC)C1=NCCN1C(NC(=O)c1cn[nH]c1)=N2. The van der Waals surface area contributed by atoms with E-state index in [1.54, 1.807) is 20.3 Å². The molecule has 1 aromatic heterocycles. The summed E-state index contributed by atoms with van der Waals surface area (Å²) in [5.74, 6) is 2.08. The van der Waals surface area contributed by atoms with Gasteiger partial charge in [0.05, 0.1) is 38.2 Å². The minimum atomic E-state index is -0.289. The lowest BCUT2D eigenvalue weighted by atomic mass is 10.1. The summed E-state index contributed by atoms with van der Waals surface area (Å²) in [5.41, 5.74) is 1.94. The number of amides is 1. The lowest BCUT2D eigenvalue weighted by Gasteiger charge is -2.27. The predicted molar refractivity (Wildman–Crippen MR) is 90.8 cm³/mol. The van der Waals surface area contributed by atoms with E-state index in [0.717, 1.165) is 11.4 Å².